The Kier molecular flexibility index (Phi) is 10.3. The van der Waals surface area contributed by atoms with E-state index in [-0.39, 0.29) is 0 Å². The minimum Gasteiger partial charge on any atom is -0.133 e. The second-order valence-electron chi connectivity index (χ2n) is 2.99. The second-order valence-corrected chi connectivity index (χ2v) is 3.72. The van der Waals surface area contributed by atoms with Crippen molar-refractivity contribution in [1.29, 1.82) is 0 Å². The third kappa shape index (κ3) is 11.6. The summed E-state index contributed by atoms with van der Waals surface area (Å²) in [6.07, 6.45) is 5.92. The van der Waals surface area contributed by atoms with Gasteiger partial charge in [0.2, 0.25) is 0 Å². The molecule has 0 fully saturated rings. The normalized spacial score (nSPS) is 10.6. The molecule has 4 heteroatoms. The van der Waals surface area contributed by atoms with Crippen molar-refractivity contribution in [3.05, 3.63) is 0 Å². The van der Waals surface area contributed by atoms with Gasteiger partial charge < -0.3 is 0 Å². The van der Waals surface area contributed by atoms with E-state index in [2.05, 4.69) is 23.3 Å². The number of rotatable bonds is 7. The lowest BCUT2D eigenvalue weighted by atomic mass is 10.2. The van der Waals surface area contributed by atoms with Crippen LogP contribution in [0.3, 0.4) is 0 Å². The summed E-state index contributed by atoms with van der Waals surface area (Å²) in [4.78, 5) is 8.31. The van der Waals surface area contributed by atoms with Crippen molar-refractivity contribution in [1.82, 2.24) is 0 Å². The van der Waals surface area contributed by atoms with Crippen molar-refractivity contribution in [2.45, 2.75) is 45.4 Å². The molecular weight excluding hydrogens is 199 g/mol. The molecule has 1 N–H and O–H groups in total. The van der Waals surface area contributed by atoms with Crippen LogP contribution in [0.25, 0.3) is 0 Å². The number of unbranched alkanes of at least 4 members (excludes halogenated alkanes) is 4. The van der Waals surface area contributed by atoms with Gasteiger partial charge in [-0.15, -0.1) is 21.3 Å². The first-order chi connectivity index (χ1) is 6.77. The van der Waals surface area contributed by atoms with Crippen molar-refractivity contribution in [2.24, 2.45) is 0 Å². The van der Waals surface area contributed by atoms with E-state index in [9.17, 15) is 4.57 Å². The maximum atomic E-state index is 10.1. The Morgan fingerprint density at radius 3 is 2.43 bits per heavy atom. The molecule has 1 unspecified atom stereocenters. The fourth-order valence-electron chi connectivity index (χ4n) is 0.900. The van der Waals surface area contributed by atoms with Gasteiger partial charge >= 0.3 is 8.25 Å². The lowest BCUT2D eigenvalue weighted by Crippen LogP contribution is -1.85. The largest absolute Gasteiger partial charge is 0.694 e. The summed E-state index contributed by atoms with van der Waals surface area (Å²) in [6, 6.07) is 0. The van der Waals surface area contributed by atoms with Gasteiger partial charge in [-0.05, 0) is 19.3 Å². The molecular formula is C10H18O3P+. The summed E-state index contributed by atoms with van der Waals surface area (Å²) in [6.45, 7) is 2.50. The minimum atomic E-state index is -2.42. The molecule has 0 rings (SSSR count). The molecule has 14 heavy (non-hydrogen) atoms. The second kappa shape index (κ2) is 10.7. The first kappa shape index (κ1) is 13.6. The topological polar surface area (TPSA) is 46.5 Å². The zero-order valence-electron chi connectivity index (χ0n) is 8.66. The third-order valence-corrected chi connectivity index (χ3v) is 2.08. The van der Waals surface area contributed by atoms with Gasteiger partial charge in [0, 0.05) is 17.4 Å². The lowest BCUT2D eigenvalue weighted by Gasteiger charge is -1.89. The molecule has 0 aliphatic heterocycles. The maximum Gasteiger partial charge on any atom is 0.694 e. The molecule has 0 aromatic carbocycles. The summed E-state index contributed by atoms with van der Waals surface area (Å²) in [5.41, 5.74) is 0. The highest BCUT2D eigenvalue weighted by atomic mass is 31.1. The molecule has 0 aliphatic rings. The zero-order valence-corrected chi connectivity index (χ0v) is 9.56. The van der Waals surface area contributed by atoms with E-state index in [0.717, 1.165) is 25.7 Å². The average molecular weight is 217 g/mol. The van der Waals surface area contributed by atoms with Crippen molar-refractivity contribution in [2.75, 3.05) is 6.61 Å². The summed E-state index contributed by atoms with van der Waals surface area (Å²) >= 11 is 0. The Labute approximate surface area is 86.8 Å². The van der Waals surface area contributed by atoms with Gasteiger partial charge in [0.25, 0.3) is 0 Å². The zero-order chi connectivity index (χ0) is 10.6. The average Bonchev–Trinajstić information content (AvgIpc) is 2.15. The SMILES string of the molecule is CCCCC#CCCCCO[P+](=O)O. The van der Waals surface area contributed by atoms with Crippen LogP contribution in [0.4, 0.5) is 0 Å². The third-order valence-electron chi connectivity index (χ3n) is 1.68. The van der Waals surface area contributed by atoms with Gasteiger partial charge in [-0.25, -0.2) is 0 Å². The van der Waals surface area contributed by atoms with Gasteiger partial charge in [-0.2, -0.15) is 0 Å². The Balaban J connectivity index is 3.11. The Morgan fingerprint density at radius 1 is 1.21 bits per heavy atom. The molecule has 0 bridgehead atoms. The van der Waals surface area contributed by atoms with E-state index in [1.54, 1.807) is 0 Å². The summed E-state index contributed by atoms with van der Waals surface area (Å²) < 4.78 is 14.6. The standard InChI is InChI=1S/C10H17O3P/c1-2-3-4-5-6-7-8-9-10-13-14(11)12/h2-4,7-10H2,1H3/p+1. The highest BCUT2D eigenvalue weighted by Gasteiger charge is 2.09. The van der Waals surface area contributed by atoms with Gasteiger partial charge in [0.1, 0.15) is 6.61 Å². The monoisotopic (exact) mass is 217 g/mol. The first-order valence-corrected chi connectivity index (χ1v) is 6.15. The van der Waals surface area contributed by atoms with Gasteiger partial charge in [-0.1, -0.05) is 13.3 Å². The summed E-state index contributed by atoms with van der Waals surface area (Å²) in [5.74, 6) is 6.16. The molecule has 0 saturated heterocycles. The van der Waals surface area contributed by atoms with Crippen LogP contribution in [0.1, 0.15) is 45.4 Å². The molecule has 0 spiro atoms. The Bertz CT molecular complexity index is 205. The number of hydrogen-bond acceptors (Lipinski definition) is 2. The van der Waals surface area contributed by atoms with Crippen molar-refractivity contribution in [3.8, 4) is 11.8 Å². The van der Waals surface area contributed by atoms with E-state index in [1.807, 2.05) is 0 Å². The van der Waals surface area contributed by atoms with Gasteiger partial charge in [0.05, 0.1) is 0 Å². The molecule has 0 saturated carbocycles. The van der Waals surface area contributed by atoms with Crippen LogP contribution in [-0.2, 0) is 9.09 Å². The van der Waals surface area contributed by atoms with Gasteiger partial charge in [-0.3, -0.25) is 0 Å². The van der Waals surface area contributed by atoms with Crippen LogP contribution in [-0.4, -0.2) is 11.5 Å². The fraction of sp³-hybridized carbons (Fsp3) is 0.800. The van der Waals surface area contributed by atoms with E-state index in [0.29, 0.717) is 6.61 Å². The molecule has 0 heterocycles. The van der Waals surface area contributed by atoms with Crippen LogP contribution in [0.2, 0.25) is 0 Å². The van der Waals surface area contributed by atoms with E-state index in [4.69, 9.17) is 4.89 Å². The minimum absolute atomic E-state index is 0.350. The summed E-state index contributed by atoms with van der Waals surface area (Å²) in [5, 5.41) is 0. The van der Waals surface area contributed by atoms with Crippen LogP contribution in [0, 0.1) is 11.8 Å². The van der Waals surface area contributed by atoms with E-state index in [1.165, 1.54) is 12.8 Å². The van der Waals surface area contributed by atoms with Crippen molar-refractivity contribution < 1.29 is 14.0 Å². The summed E-state index contributed by atoms with van der Waals surface area (Å²) in [7, 11) is -2.42. The Morgan fingerprint density at radius 2 is 1.86 bits per heavy atom. The van der Waals surface area contributed by atoms with Crippen LogP contribution in [0.15, 0.2) is 0 Å². The fourth-order valence-corrected chi connectivity index (χ4v) is 1.19. The highest BCUT2D eigenvalue weighted by Crippen LogP contribution is 2.14. The van der Waals surface area contributed by atoms with Crippen molar-refractivity contribution in [3.63, 3.8) is 0 Å². The van der Waals surface area contributed by atoms with Gasteiger partial charge in [0.15, 0.2) is 0 Å². The smallest absolute Gasteiger partial charge is 0.133 e. The predicted octanol–water partition coefficient (Wildman–Crippen LogP) is 3.02. The van der Waals surface area contributed by atoms with Crippen LogP contribution < -0.4 is 0 Å². The molecule has 0 radical (unpaired) electrons. The molecule has 0 aliphatic carbocycles. The quantitative estimate of drug-likeness (QED) is 0.405. The molecule has 1 atom stereocenters. The predicted molar refractivity (Wildman–Crippen MR) is 56.9 cm³/mol. The first-order valence-electron chi connectivity index (χ1n) is 5.02. The van der Waals surface area contributed by atoms with E-state index >= 15 is 0 Å². The number of hydrogen-bond donors (Lipinski definition) is 1. The van der Waals surface area contributed by atoms with Crippen LogP contribution in [0.5, 0.6) is 0 Å². The Hall–Kier alpha value is -0.420. The molecule has 0 aromatic rings. The highest BCUT2D eigenvalue weighted by molar-refractivity contribution is 7.32. The molecule has 0 aromatic heterocycles. The molecule has 80 valence electrons. The van der Waals surface area contributed by atoms with Crippen LogP contribution >= 0.6 is 8.25 Å². The molecule has 3 nitrogen and oxygen atoms in total. The lowest BCUT2D eigenvalue weighted by molar-refractivity contribution is 0.275. The maximum absolute atomic E-state index is 10.1. The molecule has 0 amide bonds. The van der Waals surface area contributed by atoms with E-state index < -0.39 is 8.25 Å². The van der Waals surface area contributed by atoms with Crippen molar-refractivity contribution >= 4 is 8.25 Å².